The number of hydrogen-bond acceptors (Lipinski definition) is 5. The number of nitrogens with zero attached hydrogens (tertiary/aromatic N) is 2. The van der Waals surface area contributed by atoms with Gasteiger partial charge in [0.15, 0.2) is 5.75 Å². The van der Waals surface area contributed by atoms with Crippen LogP contribution >= 0.6 is 0 Å². The van der Waals surface area contributed by atoms with E-state index in [0.29, 0.717) is 18.9 Å². The molecule has 0 atom stereocenters. The molecule has 0 bridgehead atoms. The summed E-state index contributed by atoms with van der Waals surface area (Å²) >= 11 is 0. The maximum Gasteiger partial charge on any atom is 0.311 e. The standard InChI is InChI=1S/C14H21N3O3/c1-15-11-12-4-5-14(13(10-12)17(18)19)20-9-8-16-6-2-3-7-16/h4-5,10,15H,2-3,6-9,11H2,1H3. The summed E-state index contributed by atoms with van der Waals surface area (Å²) in [6.45, 7) is 4.13. The van der Waals surface area contributed by atoms with Crippen LogP contribution in [0.25, 0.3) is 0 Å². The molecule has 0 unspecified atom stereocenters. The SMILES string of the molecule is CNCc1ccc(OCCN2CCCC2)c([N+](=O)[O-])c1. The first kappa shape index (κ1) is 14.7. The Bertz CT molecular complexity index is 459. The second-order valence-electron chi connectivity index (χ2n) is 4.99. The van der Waals surface area contributed by atoms with E-state index in [9.17, 15) is 10.1 Å². The number of ether oxygens (including phenoxy) is 1. The lowest BCUT2D eigenvalue weighted by Gasteiger charge is -2.15. The third kappa shape index (κ3) is 3.91. The minimum Gasteiger partial charge on any atom is -0.485 e. The van der Waals surface area contributed by atoms with Crippen molar-refractivity contribution in [1.29, 1.82) is 0 Å². The van der Waals surface area contributed by atoms with Gasteiger partial charge in [-0.1, -0.05) is 6.07 Å². The molecule has 1 aromatic rings. The first-order valence-electron chi connectivity index (χ1n) is 6.98. The summed E-state index contributed by atoms with van der Waals surface area (Å²) in [5.74, 6) is 0.356. The molecule has 1 aliphatic rings. The van der Waals surface area contributed by atoms with Crippen LogP contribution in [0.1, 0.15) is 18.4 Å². The van der Waals surface area contributed by atoms with Crippen LogP contribution in [0, 0.1) is 10.1 Å². The van der Waals surface area contributed by atoms with Gasteiger partial charge >= 0.3 is 5.69 Å². The Morgan fingerprint density at radius 3 is 2.80 bits per heavy atom. The zero-order valence-electron chi connectivity index (χ0n) is 11.8. The van der Waals surface area contributed by atoms with Gasteiger partial charge in [-0.05, 0) is 44.6 Å². The van der Waals surface area contributed by atoms with Gasteiger partial charge in [-0.25, -0.2) is 0 Å². The fraction of sp³-hybridized carbons (Fsp3) is 0.571. The Balaban J connectivity index is 1.96. The van der Waals surface area contributed by atoms with Crippen molar-refractivity contribution in [3.8, 4) is 5.75 Å². The molecular formula is C14H21N3O3. The van der Waals surface area contributed by atoms with Crippen molar-refractivity contribution in [3.05, 3.63) is 33.9 Å². The second kappa shape index (κ2) is 7.21. The number of rotatable bonds is 7. The molecule has 1 N–H and O–H groups in total. The average molecular weight is 279 g/mol. The topological polar surface area (TPSA) is 67.6 Å². The normalized spacial score (nSPS) is 15.4. The lowest BCUT2D eigenvalue weighted by Crippen LogP contribution is -2.25. The Kier molecular flexibility index (Phi) is 5.31. The predicted octanol–water partition coefficient (Wildman–Crippen LogP) is 1.79. The van der Waals surface area contributed by atoms with Gasteiger partial charge in [0.05, 0.1) is 4.92 Å². The van der Waals surface area contributed by atoms with Crippen LogP contribution < -0.4 is 10.1 Å². The monoisotopic (exact) mass is 279 g/mol. The summed E-state index contributed by atoms with van der Waals surface area (Å²) < 4.78 is 5.59. The number of likely N-dealkylation sites (tertiary alicyclic amines) is 1. The van der Waals surface area contributed by atoms with Crippen molar-refractivity contribution in [2.24, 2.45) is 0 Å². The van der Waals surface area contributed by atoms with E-state index in [1.165, 1.54) is 12.8 Å². The number of nitrogens with one attached hydrogen (secondary N) is 1. The summed E-state index contributed by atoms with van der Waals surface area (Å²) in [5, 5.41) is 14.1. The summed E-state index contributed by atoms with van der Waals surface area (Å²) in [6, 6.07) is 5.12. The number of hydrogen-bond donors (Lipinski definition) is 1. The van der Waals surface area contributed by atoms with Crippen molar-refractivity contribution in [3.63, 3.8) is 0 Å². The van der Waals surface area contributed by atoms with Gasteiger partial charge in [0.1, 0.15) is 6.61 Å². The third-order valence-electron chi connectivity index (χ3n) is 3.46. The first-order chi connectivity index (χ1) is 9.70. The lowest BCUT2D eigenvalue weighted by atomic mass is 10.2. The fourth-order valence-corrected chi connectivity index (χ4v) is 2.43. The minimum atomic E-state index is -0.385. The highest BCUT2D eigenvalue weighted by Crippen LogP contribution is 2.28. The average Bonchev–Trinajstić information content (AvgIpc) is 2.93. The minimum absolute atomic E-state index is 0.0409. The molecule has 6 heteroatoms. The van der Waals surface area contributed by atoms with Crippen molar-refractivity contribution in [2.45, 2.75) is 19.4 Å². The molecule has 0 aromatic heterocycles. The van der Waals surface area contributed by atoms with Crippen molar-refractivity contribution < 1.29 is 9.66 Å². The van der Waals surface area contributed by atoms with Gasteiger partial charge in [-0.3, -0.25) is 15.0 Å². The van der Waals surface area contributed by atoms with E-state index in [2.05, 4.69) is 10.2 Å². The number of nitro groups is 1. The van der Waals surface area contributed by atoms with E-state index >= 15 is 0 Å². The second-order valence-corrected chi connectivity index (χ2v) is 4.99. The lowest BCUT2D eigenvalue weighted by molar-refractivity contribution is -0.385. The van der Waals surface area contributed by atoms with E-state index in [1.54, 1.807) is 12.1 Å². The van der Waals surface area contributed by atoms with Gasteiger partial charge < -0.3 is 10.1 Å². The van der Waals surface area contributed by atoms with Gasteiger partial charge in [-0.15, -0.1) is 0 Å². The predicted molar refractivity (Wildman–Crippen MR) is 77.0 cm³/mol. The van der Waals surface area contributed by atoms with Crippen LogP contribution in [0.4, 0.5) is 5.69 Å². The maximum atomic E-state index is 11.1. The van der Waals surface area contributed by atoms with Gasteiger partial charge in [0.2, 0.25) is 0 Å². The molecule has 0 amide bonds. The molecule has 0 aliphatic carbocycles. The molecule has 20 heavy (non-hydrogen) atoms. The summed E-state index contributed by atoms with van der Waals surface area (Å²) in [6.07, 6.45) is 2.47. The van der Waals surface area contributed by atoms with Gasteiger partial charge in [0.25, 0.3) is 0 Å². The fourth-order valence-electron chi connectivity index (χ4n) is 2.43. The quantitative estimate of drug-likeness (QED) is 0.609. The maximum absolute atomic E-state index is 11.1. The van der Waals surface area contributed by atoms with Crippen molar-refractivity contribution >= 4 is 5.69 Å². The van der Waals surface area contributed by atoms with E-state index in [-0.39, 0.29) is 10.6 Å². The summed E-state index contributed by atoms with van der Waals surface area (Å²) in [4.78, 5) is 13.0. The summed E-state index contributed by atoms with van der Waals surface area (Å²) in [5.41, 5.74) is 0.922. The third-order valence-corrected chi connectivity index (χ3v) is 3.46. The Labute approximate surface area is 118 Å². The van der Waals surface area contributed by atoms with Crippen LogP contribution in [0.2, 0.25) is 0 Å². The first-order valence-corrected chi connectivity index (χ1v) is 6.98. The van der Waals surface area contributed by atoms with E-state index < -0.39 is 0 Å². The van der Waals surface area contributed by atoms with Crippen LogP contribution in [0.15, 0.2) is 18.2 Å². The van der Waals surface area contributed by atoms with E-state index in [4.69, 9.17) is 4.74 Å². The van der Waals surface area contributed by atoms with Crippen molar-refractivity contribution in [2.75, 3.05) is 33.3 Å². The van der Waals surface area contributed by atoms with E-state index in [0.717, 1.165) is 25.2 Å². The highest BCUT2D eigenvalue weighted by atomic mass is 16.6. The smallest absolute Gasteiger partial charge is 0.311 e. The molecule has 1 heterocycles. The molecule has 0 saturated carbocycles. The van der Waals surface area contributed by atoms with Gasteiger partial charge in [0, 0.05) is 19.2 Å². The molecule has 1 aliphatic heterocycles. The molecule has 1 fully saturated rings. The Hall–Kier alpha value is -1.66. The summed E-state index contributed by atoms with van der Waals surface area (Å²) in [7, 11) is 1.81. The highest BCUT2D eigenvalue weighted by Gasteiger charge is 2.17. The molecule has 0 spiro atoms. The molecule has 0 radical (unpaired) electrons. The molecule has 1 aromatic carbocycles. The molecule has 6 nitrogen and oxygen atoms in total. The highest BCUT2D eigenvalue weighted by molar-refractivity contribution is 5.48. The zero-order valence-corrected chi connectivity index (χ0v) is 11.8. The number of benzene rings is 1. The Morgan fingerprint density at radius 2 is 2.15 bits per heavy atom. The van der Waals surface area contributed by atoms with Crippen molar-refractivity contribution in [1.82, 2.24) is 10.2 Å². The van der Waals surface area contributed by atoms with Crippen LogP contribution in [0.3, 0.4) is 0 Å². The molecular weight excluding hydrogens is 258 g/mol. The molecule has 2 rings (SSSR count). The largest absolute Gasteiger partial charge is 0.485 e. The molecule has 1 saturated heterocycles. The van der Waals surface area contributed by atoms with Crippen LogP contribution in [0.5, 0.6) is 5.75 Å². The number of nitro benzene ring substituents is 1. The van der Waals surface area contributed by atoms with Crippen LogP contribution in [-0.4, -0.2) is 43.1 Å². The van der Waals surface area contributed by atoms with Gasteiger partial charge in [-0.2, -0.15) is 0 Å². The van der Waals surface area contributed by atoms with E-state index in [1.807, 2.05) is 13.1 Å². The van der Waals surface area contributed by atoms with Crippen LogP contribution in [-0.2, 0) is 6.54 Å². The molecule has 110 valence electrons. The Morgan fingerprint density at radius 1 is 1.40 bits per heavy atom. The zero-order chi connectivity index (χ0) is 14.4.